The number of fused-ring (bicyclic) bond motifs is 1. The van der Waals surface area contributed by atoms with Crippen molar-refractivity contribution in [3.63, 3.8) is 0 Å². The normalized spacial score (nSPS) is 17.7. The van der Waals surface area contributed by atoms with Crippen molar-refractivity contribution in [3.05, 3.63) is 29.7 Å². The maximum Gasteiger partial charge on any atom is 0.160 e. The summed E-state index contributed by atoms with van der Waals surface area (Å²) in [5.41, 5.74) is 3.75. The molecular formula is C17H22N6O. The van der Waals surface area contributed by atoms with Crippen molar-refractivity contribution in [1.82, 2.24) is 24.1 Å². The van der Waals surface area contributed by atoms with Crippen LogP contribution in [0.5, 0.6) is 0 Å². The van der Waals surface area contributed by atoms with Crippen molar-refractivity contribution in [1.29, 1.82) is 0 Å². The van der Waals surface area contributed by atoms with E-state index >= 15 is 0 Å². The average molecular weight is 326 g/mol. The molecule has 0 aliphatic carbocycles. The van der Waals surface area contributed by atoms with E-state index in [0.29, 0.717) is 0 Å². The molecule has 1 fully saturated rings. The lowest BCUT2D eigenvalue weighted by molar-refractivity contribution is 0.120. The van der Waals surface area contributed by atoms with Gasteiger partial charge in [-0.05, 0) is 26.7 Å². The highest BCUT2D eigenvalue weighted by molar-refractivity contribution is 5.62. The Kier molecular flexibility index (Phi) is 3.72. The molecule has 1 unspecified atom stereocenters. The molecule has 0 aromatic carbocycles. The quantitative estimate of drug-likeness (QED) is 0.797. The van der Waals surface area contributed by atoms with Gasteiger partial charge in [-0.2, -0.15) is 9.61 Å². The van der Waals surface area contributed by atoms with Crippen LogP contribution in [0, 0.1) is 13.8 Å². The lowest BCUT2D eigenvalue weighted by atomic mass is 10.2. The van der Waals surface area contributed by atoms with Gasteiger partial charge in [0.25, 0.3) is 0 Å². The Labute approximate surface area is 140 Å². The van der Waals surface area contributed by atoms with E-state index in [1.54, 1.807) is 6.20 Å². The number of anilines is 1. The Morgan fingerprint density at radius 3 is 2.96 bits per heavy atom. The van der Waals surface area contributed by atoms with Gasteiger partial charge in [0.1, 0.15) is 11.5 Å². The van der Waals surface area contributed by atoms with Gasteiger partial charge in [0.15, 0.2) is 11.5 Å². The van der Waals surface area contributed by atoms with Gasteiger partial charge in [-0.15, -0.1) is 0 Å². The summed E-state index contributed by atoms with van der Waals surface area (Å²) in [6.45, 7) is 5.75. The number of imidazole rings is 1. The minimum Gasteiger partial charge on any atom is -0.376 e. The third-order valence-electron chi connectivity index (χ3n) is 4.65. The predicted octanol–water partition coefficient (Wildman–Crippen LogP) is 2.34. The zero-order chi connectivity index (χ0) is 16.7. The topological polar surface area (TPSA) is 69.3 Å². The van der Waals surface area contributed by atoms with E-state index in [2.05, 4.69) is 22.2 Å². The smallest absolute Gasteiger partial charge is 0.160 e. The maximum absolute atomic E-state index is 5.72. The van der Waals surface area contributed by atoms with Crippen molar-refractivity contribution in [2.45, 2.75) is 32.8 Å². The number of hydrogen-bond acceptors (Lipinski definition) is 5. The van der Waals surface area contributed by atoms with Crippen LogP contribution in [0.3, 0.4) is 0 Å². The molecule has 1 atom stereocenters. The highest BCUT2D eigenvalue weighted by atomic mass is 16.5. The summed E-state index contributed by atoms with van der Waals surface area (Å²) < 4.78 is 9.55. The molecule has 1 aliphatic heterocycles. The van der Waals surface area contributed by atoms with Gasteiger partial charge >= 0.3 is 0 Å². The lowest BCUT2D eigenvalue weighted by Crippen LogP contribution is -2.21. The first-order chi connectivity index (χ1) is 11.6. The number of ether oxygens (including phenoxy) is 1. The Morgan fingerprint density at radius 2 is 2.25 bits per heavy atom. The van der Waals surface area contributed by atoms with E-state index in [9.17, 15) is 0 Å². The second kappa shape index (κ2) is 5.90. The van der Waals surface area contributed by atoms with E-state index in [1.165, 1.54) is 0 Å². The maximum atomic E-state index is 5.72. The SMILES string of the molecule is Cc1nc2cc(-c3nccn3C)nn2c(NCC2CCCO2)c1C. The molecule has 0 saturated carbocycles. The van der Waals surface area contributed by atoms with E-state index in [-0.39, 0.29) is 6.10 Å². The zero-order valence-corrected chi connectivity index (χ0v) is 14.3. The Morgan fingerprint density at radius 1 is 1.38 bits per heavy atom. The minimum atomic E-state index is 0.275. The Hall–Kier alpha value is -2.41. The first-order valence-electron chi connectivity index (χ1n) is 8.33. The standard InChI is InChI=1S/C17H22N6O/c1-11-12(2)20-15-9-14(17-18-6-7-22(17)3)21-23(15)16(11)19-10-13-5-4-8-24-13/h6-7,9,13,19H,4-5,8,10H2,1-3H3. The Bertz CT molecular complexity index is 875. The predicted molar refractivity (Wildman–Crippen MR) is 92.1 cm³/mol. The molecule has 3 aromatic rings. The van der Waals surface area contributed by atoms with Crippen LogP contribution in [-0.4, -0.2) is 43.4 Å². The summed E-state index contributed by atoms with van der Waals surface area (Å²) >= 11 is 0. The fourth-order valence-electron chi connectivity index (χ4n) is 3.15. The largest absolute Gasteiger partial charge is 0.376 e. The van der Waals surface area contributed by atoms with Gasteiger partial charge in [-0.25, -0.2) is 9.97 Å². The van der Waals surface area contributed by atoms with Crippen LogP contribution in [0.25, 0.3) is 17.2 Å². The lowest BCUT2D eigenvalue weighted by Gasteiger charge is -2.15. The number of rotatable bonds is 4. The molecule has 0 bridgehead atoms. The third kappa shape index (κ3) is 2.54. The highest BCUT2D eigenvalue weighted by Crippen LogP contribution is 2.24. The van der Waals surface area contributed by atoms with Crippen molar-refractivity contribution in [2.75, 3.05) is 18.5 Å². The average Bonchev–Trinajstić information content (AvgIpc) is 3.28. The molecule has 7 heteroatoms. The molecule has 0 amide bonds. The van der Waals surface area contributed by atoms with Crippen LogP contribution in [0.4, 0.5) is 5.82 Å². The molecule has 4 heterocycles. The molecule has 1 N–H and O–H groups in total. The molecule has 126 valence electrons. The van der Waals surface area contributed by atoms with Crippen molar-refractivity contribution >= 4 is 11.5 Å². The molecule has 1 aliphatic rings. The van der Waals surface area contributed by atoms with Crippen LogP contribution in [0.2, 0.25) is 0 Å². The second-order valence-corrected chi connectivity index (χ2v) is 6.35. The van der Waals surface area contributed by atoms with Crippen molar-refractivity contribution < 1.29 is 4.74 Å². The van der Waals surface area contributed by atoms with Gasteiger partial charge in [-0.1, -0.05) is 0 Å². The van der Waals surface area contributed by atoms with Crippen LogP contribution >= 0.6 is 0 Å². The van der Waals surface area contributed by atoms with Crippen molar-refractivity contribution in [2.24, 2.45) is 7.05 Å². The summed E-state index contributed by atoms with van der Waals surface area (Å²) in [6, 6.07) is 1.98. The summed E-state index contributed by atoms with van der Waals surface area (Å²) in [6.07, 6.45) is 6.22. The molecule has 1 saturated heterocycles. The zero-order valence-electron chi connectivity index (χ0n) is 14.3. The number of aryl methyl sites for hydroxylation is 2. The number of hydrogen-bond donors (Lipinski definition) is 1. The molecule has 0 spiro atoms. The first-order valence-corrected chi connectivity index (χ1v) is 8.33. The van der Waals surface area contributed by atoms with E-state index in [4.69, 9.17) is 9.84 Å². The van der Waals surface area contributed by atoms with E-state index in [0.717, 1.165) is 60.2 Å². The summed E-state index contributed by atoms with van der Waals surface area (Å²) in [7, 11) is 1.97. The highest BCUT2D eigenvalue weighted by Gasteiger charge is 2.18. The fraction of sp³-hybridized carbons (Fsp3) is 0.471. The number of aromatic nitrogens is 5. The molecule has 24 heavy (non-hydrogen) atoms. The van der Waals surface area contributed by atoms with Gasteiger partial charge in [0, 0.05) is 49.9 Å². The number of nitrogens with one attached hydrogen (secondary N) is 1. The van der Waals surface area contributed by atoms with Gasteiger partial charge in [-0.3, -0.25) is 0 Å². The van der Waals surface area contributed by atoms with Gasteiger partial charge in [0.05, 0.1) is 6.10 Å². The van der Waals surface area contributed by atoms with E-state index < -0.39 is 0 Å². The minimum absolute atomic E-state index is 0.275. The van der Waals surface area contributed by atoms with Crippen LogP contribution in [0.1, 0.15) is 24.1 Å². The molecule has 3 aromatic heterocycles. The van der Waals surface area contributed by atoms with Crippen LogP contribution in [-0.2, 0) is 11.8 Å². The summed E-state index contributed by atoms with van der Waals surface area (Å²) in [5.74, 6) is 1.81. The third-order valence-corrected chi connectivity index (χ3v) is 4.65. The monoisotopic (exact) mass is 326 g/mol. The summed E-state index contributed by atoms with van der Waals surface area (Å²) in [4.78, 5) is 9.05. The molecule has 4 rings (SSSR count). The molecule has 7 nitrogen and oxygen atoms in total. The van der Waals surface area contributed by atoms with Gasteiger partial charge < -0.3 is 14.6 Å². The summed E-state index contributed by atoms with van der Waals surface area (Å²) in [5, 5.41) is 8.25. The Balaban J connectivity index is 1.74. The fourth-order valence-corrected chi connectivity index (χ4v) is 3.15. The second-order valence-electron chi connectivity index (χ2n) is 6.35. The first kappa shape index (κ1) is 15.1. The van der Waals surface area contributed by atoms with Crippen LogP contribution < -0.4 is 5.32 Å². The van der Waals surface area contributed by atoms with Gasteiger partial charge in [0.2, 0.25) is 0 Å². The molecular weight excluding hydrogens is 304 g/mol. The van der Waals surface area contributed by atoms with Crippen LogP contribution in [0.15, 0.2) is 18.5 Å². The van der Waals surface area contributed by atoms with Crippen molar-refractivity contribution in [3.8, 4) is 11.5 Å². The van der Waals surface area contributed by atoms with E-state index in [1.807, 2.05) is 35.3 Å². The number of nitrogens with zero attached hydrogens (tertiary/aromatic N) is 5. The molecule has 0 radical (unpaired) electrons.